The van der Waals surface area contributed by atoms with Gasteiger partial charge in [-0.2, -0.15) is 5.10 Å². The summed E-state index contributed by atoms with van der Waals surface area (Å²) in [6, 6.07) is 10.4. The second kappa shape index (κ2) is 7.25. The van der Waals surface area contributed by atoms with Gasteiger partial charge in [-0.15, -0.1) is 0 Å². The second-order valence-electron chi connectivity index (χ2n) is 5.94. The van der Waals surface area contributed by atoms with Crippen molar-refractivity contribution in [1.82, 2.24) is 15.1 Å². The van der Waals surface area contributed by atoms with E-state index in [9.17, 15) is 4.79 Å². The Bertz CT molecular complexity index is 595. The maximum Gasteiger partial charge on any atom is 0.241 e. The molecule has 1 aliphatic carbocycles. The van der Waals surface area contributed by atoms with E-state index in [1.165, 1.54) is 29.7 Å². The highest BCUT2D eigenvalue weighted by atomic mass is 16.2. The zero-order chi connectivity index (χ0) is 15.2. The Morgan fingerprint density at radius 1 is 1.18 bits per heavy atom. The van der Waals surface area contributed by atoms with Crippen LogP contribution in [0.4, 0.5) is 0 Å². The van der Waals surface area contributed by atoms with Gasteiger partial charge >= 0.3 is 0 Å². The van der Waals surface area contributed by atoms with Gasteiger partial charge in [0.15, 0.2) is 0 Å². The van der Waals surface area contributed by atoms with Gasteiger partial charge in [-0.3, -0.25) is 9.48 Å². The third-order valence-electron chi connectivity index (χ3n) is 4.15. The molecule has 0 aliphatic heterocycles. The summed E-state index contributed by atoms with van der Waals surface area (Å²) < 4.78 is 1.79. The van der Waals surface area contributed by atoms with E-state index in [2.05, 4.69) is 22.5 Å². The van der Waals surface area contributed by atoms with Gasteiger partial charge in [-0.25, -0.2) is 0 Å². The van der Waals surface area contributed by atoms with Crippen molar-refractivity contribution in [1.29, 1.82) is 0 Å². The summed E-state index contributed by atoms with van der Waals surface area (Å²) in [6.45, 7) is 1.05. The molecule has 1 aromatic carbocycles. The van der Waals surface area contributed by atoms with E-state index in [4.69, 9.17) is 0 Å². The zero-order valence-electron chi connectivity index (χ0n) is 12.9. The fourth-order valence-corrected chi connectivity index (χ4v) is 2.98. The molecule has 116 valence electrons. The minimum absolute atomic E-state index is 0.0490. The van der Waals surface area contributed by atoms with Gasteiger partial charge in [0, 0.05) is 12.7 Å². The summed E-state index contributed by atoms with van der Waals surface area (Å²) >= 11 is 0. The van der Waals surface area contributed by atoms with Crippen LogP contribution in [-0.2, 0) is 30.6 Å². The highest BCUT2D eigenvalue weighted by Crippen LogP contribution is 2.19. The van der Waals surface area contributed by atoms with Gasteiger partial charge in [-0.1, -0.05) is 30.3 Å². The molecule has 1 amide bonds. The number of benzene rings is 1. The van der Waals surface area contributed by atoms with E-state index >= 15 is 0 Å². The molecule has 0 radical (unpaired) electrons. The van der Waals surface area contributed by atoms with Crippen molar-refractivity contribution < 1.29 is 4.79 Å². The summed E-state index contributed by atoms with van der Waals surface area (Å²) in [7, 11) is 0. The molecule has 4 heteroatoms. The molecule has 0 fully saturated rings. The quantitative estimate of drug-likeness (QED) is 0.833. The van der Waals surface area contributed by atoms with Crippen molar-refractivity contribution >= 4 is 5.91 Å². The highest BCUT2D eigenvalue weighted by molar-refractivity contribution is 5.75. The Morgan fingerprint density at radius 3 is 2.82 bits per heavy atom. The second-order valence-corrected chi connectivity index (χ2v) is 5.94. The van der Waals surface area contributed by atoms with Gasteiger partial charge in [0.05, 0.1) is 5.69 Å². The van der Waals surface area contributed by atoms with Crippen LogP contribution >= 0.6 is 0 Å². The number of amides is 1. The van der Waals surface area contributed by atoms with Crippen LogP contribution in [0.3, 0.4) is 0 Å². The summed E-state index contributed by atoms with van der Waals surface area (Å²) in [5, 5.41) is 7.50. The van der Waals surface area contributed by atoms with E-state index in [1.54, 1.807) is 4.68 Å². The van der Waals surface area contributed by atoms with Crippen molar-refractivity contribution in [2.24, 2.45) is 0 Å². The smallest absolute Gasteiger partial charge is 0.241 e. The summed E-state index contributed by atoms with van der Waals surface area (Å²) in [6.07, 6.45) is 8.62. The van der Waals surface area contributed by atoms with Crippen molar-refractivity contribution in [2.45, 2.75) is 45.1 Å². The predicted molar refractivity (Wildman–Crippen MR) is 86.6 cm³/mol. The Hall–Kier alpha value is -2.10. The maximum atomic E-state index is 12.0. The number of nitrogens with one attached hydrogen (secondary N) is 1. The monoisotopic (exact) mass is 297 g/mol. The van der Waals surface area contributed by atoms with E-state index in [0.29, 0.717) is 13.1 Å². The third-order valence-corrected chi connectivity index (χ3v) is 4.15. The SMILES string of the molecule is O=C(Cn1cc2c(n1)CCCC2)NCCCc1ccccc1. The fraction of sp³-hybridized carbons (Fsp3) is 0.444. The van der Waals surface area contributed by atoms with Crippen LogP contribution in [0, 0.1) is 0 Å². The molecule has 1 aromatic heterocycles. The standard InChI is InChI=1S/C18H23N3O/c22-18(19-12-6-9-15-7-2-1-3-8-15)14-21-13-16-10-4-5-11-17(16)20-21/h1-3,7-8,13H,4-6,9-12,14H2,(H,19,22). The lowest BCUT2D eigenvalue weighted by Gasteiger charge is -2.06. The molecule has 0 unspecified atom stereocenters. The topological polar surface area (TPSA) is 46.9 Å². The number of aromatic nitrogens is 2. The molecule has 22 heavy (non-hydrogen) atoms. The van der Waals surface area contributed by atoms with Crippen molar-refractivity contribution in [3.8, 4) is 0 Å². The Morgan fingerprint density at radius 2 is 2.00 bits per heavy atom. The normalized spacial score (nSPS) is 13.6. The van der Waals surface area contributed by atoms with Crippen LogP contribution in [0.1, 0.15) is 36.1 Å². The molecule has 0 bridgehead atoms. The number of nitrogens with zero attached hydrogens (tertiary/aromatic N) is 2. The lowest BCUT2D eigenvalue weighted by Crippen LogP contribution is -2.28. The van der Waals surface area contributed by atoms with Gasteiger partial charge in [0.25, 0.3) is 0 Å². The number of hydrogen-bond donors (Lipinski definition) is 1. The van der Waals surface area contributed by atoms with Crippen molar-refractivity contribution in [2.75, 3.05) is 6.54 Å². The molecule has 0 saturated carbocycles. The van der Waals surface area contributed by atoms with Gasteiger partial charge in [0.1, 0.15) is 6.54 Å². The number of carbonyl (C=O) groups is 1. The van der Waals surface area contributed by atoms with Gasteiger partial charge in [0.2, 0.25) is 5.91 Å². The Balaban J connectivity index is 1.40. The molecule has 3 rings (SSSR count). The number of aryl methyl sites for hydroxylation is 3. The summed E-state index contributed by atoms with van der Waals surface area (Å²) in [5.41, 5.74) is 3.82. The molecular weight excluding hydrogens is 274 g/mol. The van der Waals surface area contributed by atoms with E-state index in [1.807, 2.05) is 24.4 Å². The highest BCUT2D eigenvalue weighted by Gasteiger charge is 2.14. The van der Waals surface area contributed by atoms with Crippen LogP contribution in [0.5, 0.6) is 0 Å². The minimum Gasteiger partial charge on any atom is -0.354 e. The largest absolute Gasteiger partial charge is 0.354 e. The summed E-state index contributed by atoms with van der Waals surface area (Å²) in [4.78, 5) is 12.0. The van der Waals surface area contributed by atoms with Crippen LogP contribution in [0.25, 0.3) is 0 Å². The first-order chi connectivity index (χ1) is 10.8. The Kier molecular flexibility index (Phi) is 4.88. The molecular formula is C18H23N3O. The van der Waals surface area contributed by atoms with Crippen LogP contribution < -0.4 is 5.32 Å². The maximum absolute atomic E-state index is 12.0. The number of hydrogen-bond acceptors (Lipinski definition) is 2. The minimum atomic E-state index is 0.0490. The van der Waals surface area contributed by atoms with Crippen LogP contribution in [0.15, 0.2) is 36.5 Å². The van der Waals surface area contributed by atoms with E-state index in [0.717, 1.165) is 25.7 Å². The summed E-state index contributed by atoms with van der Waals surface area (Å²) in [5.74, 6) is 0.0490. The molecule has 2 aromatic rings. The molecule has 1 heterocycles. The number of rotatable bonds is 6. The average molecular weight is 297 g/mol. The molecule has 0 spiro atoms. The van der Waals surface area contributed by atoms with E-state index < -0.39 is 0 Å². The molecule has 1 N–H and O–H groups in total. The number of fused-ring (bicyclic) bond motifs is 1. The lowest BCUT2D eigenvalue weighted by molar-refractivity contribution is -0.121. The average Bonchev–Trinajstić information content (AvgIpc) is 2.94. The first-order valence-electron chi connectivity index (χ1n) is 8.17. The van der Waals surface area contributed by atoms with Crippen LogP contribution in [-0.4, -0.2) is 22.2 Å². The van der Waals surface area contributed by atoms with E-state index in [-0.39, 0.29) is 5.91 Å². The Labute approximate surface area is 131 Å². The first kappa shape index (κ1) is 14.8. The molecule has 4 nitrogen and oxygen atoms in total. The van der Waals surface area contributed by atoms with Crippen molar-refractivity contribution in [3.63, 3.8) is 0 Å². The van der Waals surface area contributed by atoms with Gasteiger partial charge in [-0.05, 0) is 49.7 Å². The molecule has 0 saturated heterocycles. The number of carbonyl (C=O) groups excluding carboxylic acids is 1. The predicted octanol–water partition coefficient (Wildman–Crippen LogP) is 2.51. The lowest BCUT2D eigenvalue weighted by atomic mass is 9.99. The fourth-order valence-electron chi connectivity index (χ4n) is 2.98. The molecule has 1 aliphatic rings. The third kappa shape index (κ3) is 3.97. The first-order valence-corrected chi connectivity index (χ1v) is 8.17. The zero-order valence-corrected chi connectivity index (χ0v) is 12.9. The van der Waals surface area contributed by atoms with Gasteiger partial charge < -0.3 is 5.32 Å². The van der Waals surface area contributed by atoms with Crippen LogP contribution in [0.2, 0.25) is 0 Å². The van der Waals surface area contributed by atoms with Crippen molar-refractivity contribution in [3.05, 3.63) is 53.3 Å². The molecule has 0 atom stereocenters.